The summed E-state index contributed by atoms with van der Waals surface area (Å²) in [5.74, 6) is 0.329. The number of nitrogens with one attached hydrogen (secondary N) is 1. The predicted molar refractivity (Wildman–Crippen MR) is 63.0 cm³/mol. The molecule has 0 saturated heterocycles. The third-order valence-electron chi connectivity index (χ3n) is 3.56. The summed E-state index contributed by atoms with van der Waals surface area (Å²) in [5.41, 5.74) is 3.28. The van der Waals surface area contributed by atoms with Crippen molar-refractivity contribution in [3.8, 4) is 0 Å². The van der Waals surface area contributed by atoms with Gasteiger partial charge in [-0.05, 0) is 17.5 Å². The normalized spacial score (nSPS) is 20.1. The van der Waals surface area contributed by atoms with Crippen molar-refractivity contribution < 1.29 is 4.39 Å². The zero-order valence-electron chi connectivity index (χ0n) is 9.55. The van der Waals surface area contributed by atoms with Crippen LogP contribution in [0.3, 0.4) is 0 Å². The van der Waals surface area contributed by atoms with Gasteiger partial charge in [0, 0.05) is 31.2 Å². The lowest BCUT2D eigenvalue weighted by atomic mass is 9.95. The molecule has 0 aliphatic carbocycles. The highest BCUT2D eigenvalue weighted by atomic mass is 19.1. The van der Waals surface area contributed by atoms with Crippen molar-refractivity contribution in [3.63, 3.8) is 0 Å². The molecular weight excluding hydrogens is 203 g/mol. The van der Waals surface area contributed by atoms with E-state index in [1.54, 1.807) is 6.07 Å². The highest BCUT2D eigenvalue weighted by molar-refractivity contribution is 5.86. The highest BCUT2D eigenvalue weighted by Gasteiger charge is 2.24. The van der Waals surface area contributed by atoms with E-state index in [1.807, 2.05) is 17.7 Å². The molecule has 1 aliphatic heterocycles. The second-order valence-electron chi connectivity index (χ2n) is 4.59. The SMILES string of the molecule is CC1CNCc2c1c1cccc(F)c1n2C. The lowest BCUT2D eigenvalue weighted by Gasteiger charge is -2.21. The molecule has 1 unspecified atom stereocenters. The molecular formula is C13H15FN2. The molecule has 16 heavy (non-hydrogen) atoms. The molecule has 0 amide bonds. The molecule has 0 radical (unpaired) electrons. The summed E-state index contributed by atoms with van der Waals surface area (Å²) in [6.45, 7) is 4.00. The predicted octanol–water partition coefficient (Wildman–Crippen LogP) is 2.52. The van der Waals surface area contributed by atoms with E-state index in [4.69, 9.17) is 0 Å². The minimum absolute atomic E-state index is 0.124. The molecule has 0 bridgehead atoms. The van der Waals surface area contributed by atoms with Gasteiger partial charge in [0.2, 0.25) is 0 Å². The van der Waals surface area contributed by atoms with Gasteiger partial charge < -0.3 is 9.88 Å². The number of rotatable bonds is 0. The number of aryl methyl sites for hydroxylation is 1. The van der Waals surface area contributed by atoms with Gasteiger partial charge in [-0.3, -0.25) is 0 Å². The number of benzene rings is 1. The van der Waals surface area contributed by atoms with E-state index in [9.17, 15) is 4.39 Å². The van der Waals surface area contributed by atoms with Gasteiger partial charge in [0.05, 0.1) is 5.52 Å². The number of nitrogens with zero attached hydrogens (tertiary/aromatic N) is 1. The second-order valence-corrected chi connectivity index (χ2v) is 4.59. The van der Waals surface area contributed by atoms with E-state index in [0.717, 1.165) is 24.0 Å². The third kappa shape index (κ3) is 1.15. The zero-order valence-corrected chi connectivity index (χ0v) is 9.55. The molecule has 1 aromatic heterocycles. The number of aromatic nitrogens is 1. The van der Waals surface area contributed by atoms with Crippen LogP contribution in [0.15, 0.2) is 18.2 Å². The van der Waals surface area contributed by atoms with Crippen LogP contribution in [0.1, 0.15) is 24.1 Å². The molecule has 2 heterocycles. The van der Waals surface area contributed by atoms with Gasteiger partial charge in [-0.2, -0.15) is 0 Å². The molecule has 1 atom stereocenters. The Morgan fingerprint density at radius 1 is 1.44 bits per heavy atom. The first-order chi connectivity index (χ1) is 7.70. The summed E-state index contributed by atoms with van der Waals surface area (Å²) >= 11 is 0. The van der Waals surface area contributed by atoms with E-state index < -0.39 is 0 Å². The van der Waals surface area contributed by atoms with E-state index in [1.165, 1.54) is 17.3 Å². The van der Waals surface area contributed by atoms with Crippen molar-refractivity contribution in [1.29, 1.82) is 0 Å². The summed E-state index contributed by atoms with van der Waals surface area (Å²) in [7, 11) is 1.95. The first-order valence-electron chi connectivity index (χ1n) is 5.66. The van der Waals surface area contributed by atoms with Crippen molar-refractivity contribution in [3.05, 3.63) is 35.3 Å². The molecule has 1 N–H and O–H groups in total. The van der Waals surface area contributed by atoms with Crippen LogP contribution in [-0.4, -0.2) is 11.1 Å². The Kier molecular flexibility index (Phi) is 2.04. The van der Waals surface area contributed by atoms with Crippen LogP contribution in [0.5, 0.6) is 0 Å². The Bertz CT molecular complexity index is 557. The van der Waals surface area contributed by atoms with Crippen molar-refractivity contribution in [1.82, 2.24) is 9.88 Å². The smallest absolute Gasteiger partial charge is 0.147 e. The maximum absolute atomic E-state index is 13.8. The van der Waals surface area contributed by atoms with Gasteiger partial charge in [-0.15, -0.1) is 0 Å². The zero-order chi connectivity index (χ0) is 11.3. The first-order valence-corrected chi connectivity index (χ1v) is 5.66. The Balaban J connectivity index is 2.44. The van der Waals surface area contributed by atoms with Crippen molar-refractivity contribution in [2.45, 2.75) is 19.4 Å². The molecule has 0 fully saturated rings. The van der Waals surface area contributed by atoms with Crippen LogP contribution in [0.25, 0.3) is 10.9 Å². The topological polar surface area (TPSA) is 17.0 Å². The fraction of sp³-hybridized carbons (Fsp3) is 0.385. The average molecular weight is 218 g/mol. The van der Waals surface area contributed by atoms with Crippen LogP contribution in [-0.2, 0) is 13.6 Å². The van der Waals surface area contributed by atoms with Gasteiger partial charge in [0.1, 0.15) is 5.82 Å². The van der Waals surface area contributed by atoms with Gasteiger partial charge in [-0.25, -0.2) is 4.39 Å². The van der Waals surface area contributed by atoms with Gasteiger partial charge in [0.15, 0.2) is 0 Å². The first kappa shape index (κ1) is 9.85. The molecule has 3 rings (SSSR count). The van der Waals surface area contributed by atoms with E-state index in [0.29, 0.717) is 5.92 Å². The maximum atomic E-state index is 13.8. The van der Waals surface area contributed by atoms with E-state index >= 15 is 0 Å². The quantitative estimate of drug-likeness (QED) is 0.719. The van der Waals surface area contributed by atoms with Crippen molar-refractivity contribution >= 4 is 10.9 Å². The number of fused-ring (bicyclic) bond motifs is 3. The van der Waals surface area contributed by atoms with Crippen LogP contribution in [0.4, 0.5) is 4.39 Å². The average Bonchev–Trinajstić information content (AvgIpc) is 2.56. The van der Waals surface area contributed by atoms with Gasteiger partial charge in [0.25, 0.3) is 0 Å². The molecule has 3 heteroatoms. The summed E-state index contributed by atoms with van der Waals surface area (Å²) in [4.78, 5) is 0. The van der Waals surface area contributed by atoms with Crippen molar-refractivity contribution in [2.24, 2.45) is 7.05 Å². The second kappa shape index (κ2) is 3.32. The molecule has 84 valence electrons. The largest absolute Gasteiger partial charge is 0.344 e. The molecule has 0 saturated carbocycles. The van der Waals surface area contributed by atoms with Crippen molar-refractivity contribution in [2.75, 3.05) is 6.54 Å². The monoisotopic (exact) mass is 218 g/mol. The van der Waals surface area contributed by atoms with E-state index in [2.05, 4.69) is 12.2 Å². The maximum Gasteiger partial charge on any atom is 0.147 e. The standard InChI is InChI=1S/C13H15FN2/c1-8-6-15-7-11-12(8)9-4-3-5-10(14)13(9)16(11)2/h3-5,8,15H,6-7H2,1-2H3. The number of hydrogen-bond acceptors (Lipinski definition) is 1. The van der Waals surface area contributed by atoms with Gasteiger partial charge in [-0.1, -0.05) is 19.1 Å². The number of para-hydroxylation sites is 1. The lowest BCUT2D eigenvalue weighted by molar-refractivity contribution is 0.552. The van der Waals surface area contributed by atoms with E-state index in [-0.39, 0.29) is 5.82 Å². The third-order valence-corrected chi connectivity index (χ3v) is 3.56. The molecule has 1 aliphatic rings. The van der Waals surface area contributed by atoms with Gasteiger partial charge >= 0.3 is 0 Å². The Hall–Kier alpha value is -1.35. The Morgan fingerprint density at radius 2 is 2.25 bits per heavy atom. The summed E-state index contributed by atoms with van der Waals surface area (Å²) in [6, 6.07) is 5.36. The Morgan fingerprint density at radius 3 is 3.06 bits per heavy atom. The lowest BCUT2D eigenvalue weighted by Crippen LogP contribution is -2.27. The highest BCUT2D eigenvalue weighted by Crippen LogP contribution is 2.34. The molecule has 2 nitrogen and oxygen atoms in total. The minimum Gasteiger partial charge on any atom is -0.344 e. The number of halogens is 1. The van der Waals surface area contributed by atoms with Crippen LogP contribution >= 0.6 is 0 Å². The van der Waals surface area contributed by atoms with Crippen LogP contribution < -0.4 is 5.32 Å². The molecule has 1 aromatic carbocycles. The number of hydrogen-bond donors (Lipinski definition) is 1. The summed E-state index contributed by atoms with van der Waals surface area (Å²) in [5, 5.41) is 4.44. The molecule has 0 spiro atoms. The fourth-order valence-electron chi connectivity index (χ4n) is 2.82. The molecule has 2 aromatic rings. The van der Waals surface area contributed by atoms with Crippen LogP contribution in [0, 0.1) is 5.82 Å². The Labute approximate surface area is 94.1 Å². The van der Waals surface area contributed by atoms with Crippen LogP contribution in [0.2, 0.25) is 0 Å². The fourth-order valence-corrected chi connectivity index (χ4v) is 2.82. The summed E-state index contributed by atoms with van der Waals surface area (Å²) < 4.78 is 15.8. The summed E-state index contributed by atoms with van der Waals surface area (Å²) in [6.07, 6.45) is 0. The minimum atomic E-state index is -0.124.